The summed E-state index contributed by atoms with van der Waals surface area (Å²) in [5, 5.41) is 0. The monoisotopic (exact) mass is 486 g/mol. The molecule has 0 nitrogen and oxygen atoms in total. The van der Waals surface area contributed by atoms with Gasteiger partial charge in [0.2, 0.25) is 0 Å². The molecule has 198 valence electrons. The molecule has 0 radical (unpaired) electrons. The van der Waals surface area contributed by atoms with Gasteiger partial charge in [0.15, 0.2) is 0 Å². The number of unbranched alkanes of at least 4 members (excludes halogenated alkanes) is 2. The SMILES string of the molecule is CCCCCC1CCC(/C=C/C2C=CC(/C=C/C3CCC(c4ccc(CCC)cc4)CC3)CC2)CC1. The maximum atomic E-state index is 2.59. The molecule has 3 aliphatic rings. The van der Waals surface area contributed by atoms with Crippen LogP contribution in [0.25, 0.3) is 0 Å². The summed E-state index contributed by atoms with van der Waals surface area (Å²) >= 11 is 0. The van der Waals surface area contributed by atoms with Gasteiger partial charge in [-0.1, -0.05) is 107 Å². The van der Waals surface area contributed by atoms with Gasteiger partial charge in [0.1, 0.15) is 0 Å². The molecule has 0 spiro atoms. The molecule has 0 amide bonds. The smallest absolute Gasteiger partial charge is 0.00529 e. The Morgan fingerprint density at radius 3 is 1.72 bits per heavy atom. The third-order valence-electron chi connectivity index (χ3n) is 9.57. The zero-order chi connectivity index (χ0) is 25.0. The number of aryl methyl sites for hydroxylation is 1. The van der Waals surface area contributed by atoms with Gasteiger partial charge in [0, 0.05) is 0 Å². The predicted molar refractivity (Wildman–Crippen MR) is 158 cm³/mol. The Kier molecular flexibility index (Phi) is 11.4. The Morgan fingerprint density at radius 2 is 1.19 bits per heavy atom. The first-order chi connectivity index (χ1) is 17.7. The van der Waals surface area contributed by atoms with Crippen molar-refractivity contribution in [1.82, 2.24) is 0 Å². The molecule has 0 aliphatic heterocycles. The zero-order valence-corrected chi connectivity index (χ0v) is 23.6. The highest BCUT2D eigenvalue weighted by Gasteiger charge is 2.22. The molecule has 0 aromatic heterocycles. The Bertz CT molecular complexity index is 808. The lowest BCUT2D eigenvalue weighted by atomic mass is 9.77. The van der Waals surface area contributed by atoms with E-state index in [4.69, 9.17) is 0 Å². The Morgan fingerprint density at radius 1 is 0.611 bits per heavy atom. The van der Waals surface area contributed by atoms with Crippen molar-refractivity contribution in [2.75, 3.05) is 0 Å². The van der Waals surface area contributed by atoms with Crippen LogP contribution >= 0.6 is 0 Å². The minimum atomic E-state index is 0.664. The fourth-order valence-electron chi connectivity index (χ4n) is 7.03. The second-order valence-electron chi connectivity index (χ2n) is 12.4. The third kappa shape index (κ3) is 8.78. The van der Waals surface area contributed by atoms with Crippen LogP contribution in [0.15, 0.2) is 60.7 Å². The maximum Gasteiger partial charge on any atom is -0.00529 e. The third-order valence-corrected chi connectivity index (χ3v) is 9.57. The van der Waals surface area contributed by atoms with E-state index in [1.807, 2.05) is 0 Å². The van der Waals surface area contributed by atoms with Crippen molar-refractivity contribution < 1.29 is 0 Å². The molecule has 0 heteroatoms. The van der Waals surface area contributed by atoms with Gasteiger partial charge in [-0.05, 0) is 117 Å². The second kappa shape index (κ2) is 15.0. The second-order valence-corrected chi connectivity index (χ2v) is 12.4. The van der Waals surface area contributed by atoms with Crippen LogP contribution in [0.5, 0.6) is 0 Å². The normalized spacial score (nSPS) is 31.4. The molecule has 2 unspecified atom stereocenters. The highest BCUT2D eigenvalue weighted by molar-refractivity contribution is 5.26. The predicted octanol–water partition coefficient (Wildman–Crippen LogP) is 11.0. The molecule has 4 rings (SSSR count). The largest absolute Gasteiger partial charge is 0.0848 e. The van der Waals surface area contributed by atoms with Crippen molar-refractivity contribution in [3.05, 3.63) is 71.8 Å². The Balaban J connectivity index is 1.13. The van der Waals surface area contributed by atoms with Crippen molar-refractivity contribution in [2.24, 2.45) is 29.6 Å². The average molecular weight is 487 g/mol. The highest BCUT2D eigenvalue weighted by atomic mass is 14.3. The van der Waals surface area contributed by atoms with E-state index in [-0.39, 0.29) is 0 Å². The molecule has 0 N–H and O–H groups in total. The van der Waals surface area contributed by atoms with Gasteiger partial charge in [-0.25, -0.2) is 0 Å². The van der Waals surface area contributed by atoms with Crippen molar-refractivity contribution in [2.45, 2.75) is 122 Å². The van der Waals surface area contributed by atoms with E-state index >= 15 is 0 Å². The summed E-state index contributed by atoms with van der Waals surface area (Å²) in [7, 11) is 0. The van der Waals surface area contributed by atoms with Crippen LogP contribution in [0.1, 0.15) is 127 Å². The van der Waals surface area contributed by atoms with Crippen LogP contribution in [-0.4, -0.2) is 0 Å². The van der Waals surface area contributed by atoms with E-state index in [9.17, 15) is 0 Å². The number of hydrogen-bond donors (Lipinski definition) is 0. The van der Waals surface area contributed by atoms with E-state index in [0.717, 1.165) is 23.7 Å². The van der Waals surface area contributed by atoms with E-state index in [0.29, 0.717) is 11.8 Å². The van der Waals surface area contributed by atoms with E-state index < -0.39 is 0 Å². The van der Waals surface area contributed by atoms with Gasteiger partial charge in [0.25, 0.3) is 0 Å². The molecule has 1 aromatic carbocycles. The number of allylic oxidation sites excluding steroid dienone is 6. The molecule has 3 aliphatic carbocycles. The summed E-state index contributed by atoms with van der Waals surface area (Å²) in [6.07, 6.45) is 37.3. The molecule has 36 heavy (non-hydrogen) atoms. The van der Waals surface area contributed by atoms with Gasteiger partial charge in [0.05, 0.1) is 0 Å². The van der Waals surface area contributed by atoms with Gasteiger partial charge in [-0.3, -0.25) is 0 Å². The van der Waals surface area contributed by atoms with Crippen LogP contribution in [0.4, 0.5) is 0 Å². The highest BCUT2D eigenvalue weighted by Crippen LogP contribution is 2.37. The van der Waals surface area contributed by atoms with Crippen LogP contribution in [0.3, 0.4) is 0 Å². The first kappa shape index (κ1) is 27.5. The summed E-state index contributed by atoms with van der Waals surface area (Å²) in [4.78, 5) is 0. The lowest BCUT2D eigenvalue weighted by Crippen LogP contribution is -2.13. The minimum Gasteiger partial charge on any atom is -0.0848 e. The van der Waals surface area contributed by atoms with Gasteiger partial charge in [-0.15, -0.1) is 0 Å². The summed E-state index contributed by atoms with van der Waals surface area (Å²) in [6, 6.07) is 9.54. The van der Waals surface area contributed by atoms with E-state index in [2.05, 4.69) is 74.6 Å². The number of rotatable bonds is 11. The molecule has 0 saturated heterocycles. The molecule has 2 atom stereocenters. The quantitative estimate of drug-likeness (QED) is 0.215. The van der Waals surface area contributed by atoms with Gasteiger partial charge in [-0.2, -0.15) is 0 Å². The van der Waals surface area contributed by atoms with E-state index in [1.165, 1.54) is 108 Å². The topological polar surface area (TPSA) is 0 Å². The molecular formula is C36H54. The molecule has 0 bridgehead atoms. The van der Waals surface area contributed by atoms with Crippen LogP contribution < -0.4 is 0 Å². The fourth-order valence-corrected chi connectivity index (χ4v) is 7.03. The molecule has 2 fully saturated rings. The Labute approximate surface area is 223 Å². The maximum absolute atomic E-state index is 2.59. The number of hydrogen-bond acceptors (Lipinski definition) is 0. The van der Waals surface area contributed by atoms with Crippen LogP contribution in [-0.2, 0) is 6.42 Å². The average Bonchev–Trinajstić information content (AvgIpc) is 2.93. The summed E-state index contributed by atoms with van der Waals surface area (Å²) in [5.41, 5.74) is 3.07. The van der Waals surface area contributed by atoms with Crippen molar-refractivity contribution >= 4 is 0 Å². The molecule has 0 heterocycles. The molecule has 2 saturated carbocycles. The van der Waals surface area contributed by atoms with Gasteiger partial charge >= 0.3 is 0 Å². The summed E-state index contributed by atoms with van der Waals surface area (Å²) < 4.78 is 0. The molecular weight excluding hydrogens is 432 g/mol. The first-order valence-corrected chi connectivity index (χ1v) is 15.9. The van der Waals surface area contributed by atoms with E-state index in [1.54, 1.807) is 5.56 Å². The van der Waals surface area contributed by atoms with Crippen molar-refractivity contribution in [3.8, 4) is 0 Å². The standard InChI is InChI=1S/C36H54/c1-3-5-6-8-30-9-11-31(12-10-30)13-14-32-15-17-33(18-16-32)19-20-34-23-27-36(28-24-34)35-25-21-29(7-4-2)22-26-35/h13-15,17,19-22,25-26,30-34,36H,3-12,16,18,23-24,27-28H2,1-2H3/b14-13+,20-19+. The lowest BCUT2D eigenvalue weighted by molar-refractivity contribution is 0.289. The van der Waals surface area contributed by atoms with Gasteiger partial charge < -0.3 is 0 Å². The van der Waals surface area contributed by atoms with Crippen molar-refractivity contribution in [3.63, 3.8) is 0 Å². The lowest BCUT2D eigenvalue weighted by Gasteiger charge is -2.28. The number of benzene rings is 1. The summed E-state index contributed by atoms with van der Waals surface area (Å²) in [6.45, 7) is 4.59. The van der Waals surface area contributed by atoms with Crippen LogP contribution in [0, 0.1) is 29.6 Å². The molecule has 1 aromatic rings. The van der Waals surface area contributed by atoms with Crippen LogP contribution in [0.2, 0.25) is 0 Å². The summed E-state index contributed by atoms with van der Waals surface area (Å²) in [5.74, 6) is 4.79. The fraction of sp³-hybridized carbons (Fsp3) is 0.667. The van der Waals surface area contributed by atoms with Crippen molar-refractivity contribution in [1.29, 1.82) is 0 Å². The zero-order valence-electron chi connectivity index (χ0n) is 23.6. The Hall–Kier alpha value is -1.56. The first-order valence-electron chi connectivity index (χ1n) is 15.9. The minimum absolute atomic E-state index is 0.664.